The molecule has 2 aromatic rings. The largest absolute Gasteiger partial charge is 0.421 e. The van der Waals surface area contributed by atoms with Crippen molar-refractivity contribution in [2.45, 2.75) is 68.3 Å². The van der Waals surface area contributed by atoms with Crippen LogP contribution in [0.4, 0.5) is 23.2 Å². The lowest BCUT2D eigenvalue weighted by molar-refractivity contribution is -0.258. The Hall–Kier alpha value is -3.03. The Labute approximate surface area is 217 Å². The van der Waals surface area contributed by atoms with Gasteiger partial charge in [0.1, 0.15) is 11.4 Å². The summed E-state index contributed by atoms with van der Waals surface area (Å²) in [5, 5.41) is 22.1. The van der Waals surface area contributed by atoms with Crippen LogP contribution in [0.2, 0.25) is 0 Å². The molecular weight excluding hydrogens is 532 g/mol. The third kappa shape index (κ3) is 6.00. The molecule has 2 aromatic carbocycles. The summed E-state index contributed by atoms with van der Waals surface area (Å²) >= 11 is 0. The van der Waals surface area contributed by atoms with Gasteiger partial charge in [-0.2, -0.15) is 13.2 Å². The van der Waals surface area contributed by atoms with E-state index in [9.17, 15) is 45.8 Å². The highest BCUT2D eigenvalue weighted by molar-refractivity contribution is 7.92. The van der Waals surface area contributed by atoms with Crippen molar-refractivity contribution in [2.24, 2.45) is 0 Å². The fraction of sp³-hybridized carbons (Fsp3) is 0.440. The lowest BCUT2D eigenvalue weighted by atomic mass is 9.89. The highest BCUT2D eigenvalue weighted by atomic mass is 32.2. The number of sulfonamides is 1. The Morgan fingerprint density at radius 3 is 2.21 bits per heavy atom. The minimum atomic E-state index is -4.99. The van der Waals surface area contributed by atoms with Crippen LogP contribution in [0, 0.1) is 5.82 Å². The number of rotatable bonds is 8. The van der Waals surface area contributed by atoms with Gasteiger partial charge in [0.25, 0.3) is 15.9 Å². The van der Waals surface area contributed by atoms with Crippen LogP contribution >= 0.6 is 0 Å². The fourth-order valence-electron chi connectivity index (χ4n) is 4.06. The van der Waals surface area contributed by atoms with E-state index < -0.39 is 63.1 Å². The Kier molecular flexibility index (Phi) is 7.98. The van der Waals surface area contributed by atoms with Crippen molar-refractivity contribution < 1.29 is 45.8 Å². The standard InChI is InChI=1S/C25H28F4N2O6S/c1-23(2,34)22(33)30-14-19(32)13-18-8-4-15-12-16(24(3,35)25(27,28)29)5-11-21(15)31(18)38(36,37)20-9-6-17(26)7-10-20/h5-7,9-12,18,34-35H,4,8,13-14H2,1-3H3,(H,30,33)/t18-,24?/m0/s1. The van der Waals surface area contributed by atoms with E-state index in [0.29, 0.717) is 6.92 Å². The van der Waals surface area contributed by atoms with Crippen molar-refractivity contribution >= 4 is 27.4 Å². The van der Waals surface area contributed by atoms with Crippen molar-refractivity contribution in [1.82, 2.24) is 5.32 Å². The molecule has 13 heteroatoms. The summed E-state index contributed by atoms with van der Waals surface area (Å²) in [6.07, 6.45) is -5.21. The molecule has 1 aliphatic heterocycles. The summed E-state index contributed by atoms with van der Waals surface area (Å²) in [6, 6.07) is 6.15. The van der Waals surface area contributed by atoms with Crippen LogP contribution in [0.15, 0.2) is 47.4 Å². The molecule has 2 atom stereocenters. The van der Waals surface area contributed by atoms with Gasteiger partial charge in [0, 0.05) is 6.42 Å². The highest BCUT2D eigenvalue weighted by Gasteiger charge is 2.51. The first-order valence-electron chi connectivity index (χ1n) is 11.6. The molecule has 3 rings (SSSR count). The van der Waals surface area contributed by atoms with Gasteiger partial charge < -0.3 is 15.5 Å². The number of amides is 1. The number of aliphatic hydroxyl groups is 2. The predicted molar refractivity (Wildman–Crippen MR) is 129 cm³/mol. The number of anilines is 1. The molecule has 8 nitrogen and oxygen atoms in total. The zero-order chi connectivity index (χ0) is 28.7. The molecule has 1 amide bonds. The number of alkyl halides is 3. The summed E-state index contributed by atoms with van der Waals surface area (Å²) in [5.74, 6) is -2.04. The number of fused-ring (bicyclic) bond motifs is 1. The van der Waals surface area contributed by atoms with Crippen molar-refractivity contribution in [3.63, 3.8) is 0 Å². The molecule has 208 valence electrons. The van der Waals surface area contributed by atoms with E-state index in [-0.39, 0.29) is 35.4 Å². The Balaban J connectivity index is 2.01. The number of nitrogens with one attached hydrogen (secondary N) is 1. The number of hydrogen-bond donors (Lipinski definition) is 3. The first kappa shape index (κ1) is 29.5. The van der Waals surface area contributed by atoms with E-state index >= 15 is 0 Å². The second-order valence-electron chi connectivity index (χ2n) is 9.85. The van der Waals surface area contributed by atoms with Gasteiger partial charge in [-0.05, 0) is 75.1 Å². The SMILES string of the molecule is CC(C)(O)C(=O)NCC(=O)C[C@@H]1CCc2cc(C(C)(O)C(F)(F)F)ccc2N1S(=O)(=O)c1ccc(F)cc1. The molecular formula is C25H28F4N2O6S. The van der Waals surface area contributed by atoms with Crippen molar-refractivity contribution in [3.8, 4) is 0 Å². The van der Waals surface area contributed by atoms with Gasteiger partial charge >= 0.3 is 6.18 Å². The van der Waals surface area contributed by atoms with E-state index in [1.165, 1.54) is 13.8 Å². The third-order valence-electron chi connectivity index (χ3n) is 6.35. The van der Waals surface area contributed by atoms with E-state index in [1.807, 2.05) is 0 Å². The number of ketones is 1. The number of halogens is 4. The second kappa shape index (κ2) is 10.3. The molecule has 38 heavy (non-hydrogen) atoms. The molecule has 0 spiro atoms. The maximum atomic E-state index is 13.7. The van der Waals surface area contributed by atoms with Gasteiger partial charge in [-0.15, -0.1) is 0 Å². The lowest BCUT2D eigenvalue weighted by Crippen LogP contribution is -2.47. The lowest BCUT2D eigenvalue weighted by Gasteiger charge is -2.38. The number of hydrogen-bond acceptors (Lipinski definition) is 6. The average molecular weight is 561 g/mol. The number of nitrogens with zero attached hydrogens (tertiary/aromatic N) is 1. The third-order valence-corrected chi connectivity index (χ3v) is 8.23. The van der Waals surface area contributed by atoms with Crippen molar-refractivity contribution in [1.29, 1.82) is 0 Å². The normalized spacial score (nSPS) is 17.9. The molecule has 0 bridgehead atoms. The smallest absolute Gasteiger partial charge is 0.381 e. The van der Waals surface area contributed by atoms with Gasteiger partial charge in [-0.25, -0.2) is 12.8 Å². The number of carbonyl (C=O) groups is 2. The Bertz CT molecular complexity index is 1320. The topological polar surface area (TPSA) is 124 Å². The quantitative estimate of drug-likeness (QED) is 0.427. The summed E-state index contributed by atoms with van der Waals surface area (Å²) in [6.45, 7) is 2.57. The highest BCUT2D eigenvalue weighted by Crippen LogP contribution is 2.43. The zero-order valence-electron chi connectivity index (χ0n) is 20.8. The summed E-state index contributed by atoms with van der Waals surface area (Å²) in [7, 11) is -4.42. The van der Waals surface area contributed by atoms with Gasteiger partial charge in [0.15, 0.2) is 11.4 Å². The predicted octanol–water partition coefficient (Wildman–Crippen LogP) is 2.95. The van der Waals surface area contributed by atoms with Gasteiger partial charge in [0.05, 0.1) is 23.2 Å². The van der Waals surface area contributed by atoms with Crippen LogP contribution in [-0.4, -0.2) is 54.7 Å². The van der Waals surface area contributed by atoms with Crippen LogP contribution in [0.3, 0.4) is 0 Å². The number of Topliss-reactive ketones (excluding diaryl/α,β-unsaturated/α-hetero) is 1. The van der Waals surface area contributed by atoms with E-state index in [0.717, 1.165) is 46.8 Å². The summed E-state index contributed by atoms with van der Waals surface area (Å²) < 4.78 is 81.9. The first-order chi connectivity index (χ1) is 17.4. The minimum absolute atomic E-state index is 0.0145. The average Bonchev–Trinajstić information content (AvgIpc) is 2.80. The van der Waals surface area contributed by atoms with Crippen LogP contribution in [0.1, 0.15) is 44.7 Å². The van der Waals surface area contributed by atoms with Gasteiger partial charge in [-0.1, -0.05) is 12.1 Å². The van der Waals surface area contributed by atoms with Crippen LogP contribution in [0.25, 0.3) is 0 Å². The van der Waals surface area contributed by atoms with Crippen molar-refractivity contribution in [2.75, 3.05) is 10.8 Å². The molecule has 1 unspecified atom stereocenters. The van der Waals surface area contributed by atoms with Crippen LogP contribution in [0.5, 0.6) is 0 Å². The molecule has 0 aliphatic carbocycles. The molecule has 0 saturated carbocycles. The first-order valence-corrected chi connectivity index (χ1v) is 13.0. The molecule has 1 aliphatic rings. The number of carbonyl (C=O) groups excluding carboxylic acids is 2. The minimum Gasteiger partial charge on any atom is -0.381 e. The fourth-order valence-corrected chi connectivity index (χ4v) is 5.78. The van der Waals surface area contributed by atoms with Crippen LogP contribution in [-0.2, 0) is 31.6 Å². The monoisotopic (exact) mass is 560 g/mol. The number of benzene rings is 2. The molecule has 1 heterocycles. The zero-order valence-corrected chi connectivity index (χ0v) is 21.7. The molecule has 0 saturated heterocycles. The Morgan fingerprint density at radius 2 is 1.66 bits per heavy atom. The maximum Gasteiger partial charge on any atom is 0.421 e. The van der Waals surface area contributed by atoms with Crippen molar-refractivity contribution in [3.05, 3.63) is 59.4 Å². The number of aryl methyl sites for hydroxylation is 1. The molecule has 0 aromatic heterocycles. The van der Waals surface area contributed by atoms with E-state index in [2.05, 4.69) is 5.32 Å². The van der Waals surface area contributed by atoms with E-state index in [1.54, 1.807) is 0 Å². The van der Waals surface area contributed by atoms with Gasteiger partial charge in [-0.3, -0.25) is 13.9 Å². The second-order valence-corrected chi connectivity index (χ2v) is 11.7. The van der Waals surface area contributed by atoms with Gasteiger partial charge in [0.2, 0.25) is 0 Å². The summed E-state index contributed by atoms with van der Waals surface area (Å²) in [4.78, 5) is 24.3. The maximum absolute atomic E-state index is 13.7. The summed E-state index contributed by atoms with van der Waals surface area (Å²) in [5.41, 5.74) is -5.19. The van der Waals surface area contributed by atoms with E-state index in [4.69, 9.17) is 0 Å². The molecule has 0 fully saturated rings. The Morgan fingerprint density at radius 1 is 1.05 bits per heavy atom. The molecule has 3 N–H and O–H groups in total. The molecule has 0 radical (unpaired) electrons. The van der Waals surface area contributed by atoms with Crippen LogP contribution < -0.4 is 9.62 Å².